The fraction of sp³-hybridized carbons (Fsp3) is 0.900. The van der Waals surface area contributed by atoms with Crippen LogP contribution >= 0.6 is 0 Å². The predicted octanol–water partition coefficient (Wildman–Crippen LogP) is 0.790. The van der Waals surface area contributed by atoms with E-state index in [9.17, 15) is 4.79 Å². The van der Waals surface area contributed by atoms with Crippen molar-refractivity contribution in [1.29, 1.82) is 0 Å². The van der Waals surface area contributed by atoms with Crippen molar-refractivity contribution in [3.63, 3.8) is 0 Å². The third kappa shape index (κ3) is 2.38. The zero-order valence-electron chi connectivity index (χ0n) is 9.39. The van der Waals surface area contributed by atoms with E-state index in [0.29, 0.717) is 0 Å². The predicted molar refractivity (Wildman–Crippen MR) is 57.3 cm³/mol. The third-order valence-electron chi connectivity index (χ3n) is 3.29. The molecule has 2 N–H and O–H groups in total. The van der Waals surface area contributed by atoms with Crippen molar-refractivity contribution in [2.24, 2.45) is 0 Å². The lowest BCUT2D eigenvalue weighted by molar-refractivity contribution is 0.154. The molecule has 0 unspecified atom stereocenters. The molecule has 0 atom stereocenters. The highest BCUT2D eigenvalue weighted by atomic mass is 16.2. The molecule has 0 aromatic heterocycles. The highest BCUT2D eigenvalue weighted by molar-refractivity contribution is 5.73. The van der Waals surface area contributed by atoms with Crippen molar-refractivity contribution in [1.82, 2.24) is 15.5 Å². The van der Waals surface area contributed by atoms with Gasteiger partial charge in [0.2, 0.25) is 0 Å². The molecule has 0 heterocycles. The van der Waals surface area contributed by atoms with Gasteiger partial charge in [0, 0.05) is 19.1 Å². The Hall–Kier alpha value is -0.770. The average Bonchev–Trinajstić information content (AvgIpc) is 2.64. The summed E-state index contributed by atoms with van der Waals surface area (Å²) in [5.41, 5.74) is 0.187. The van der Waals surface area contributed by atoms with Crippen molar-refractivity contribution in [2.75, 3.05) is 27.7 Å². The molecule has 0 aromatic rings. The van der Waals surface area contributed by atoms with Gasteiger partial charge in [-0.3, -0.25) is 0 Å². The summed E-state index contributed by atoms with van der Waals surface area (Å²) in [4.78, 5) is 13.3. The van der Waals surface area contributed by atoms with Gasteiger partial charge < -0.3 is 15.5 Å². The fourth-order valence-corrected chi connectivity index (χ4v) is 2.15. The highest BCUT2D eigenvalue weighted by Crippen LogP contribution is 2.32. The SMILES string of the molecule is CNC(=O)NCC1(N(C)C)CCCC1. The summed E-state index contributed by atoms with van der Waals surface area (Å²) in [6.07, 6.45) is 4.91. The van der Waals surface area contributed by atoms with Crippen molar-refractivity contribution >= 4 is 6.03 Å². The van der Waals surface area contributed by atoms with Crippen molar-refractivity contribution in [2.45, 2.75) is 31.2 Å². The lowest BCUT2D eigenvalue weighted by Crippen LogP contribution is -2.52. The molecule has 14 heavy (non-hydrogen) atoms. The van der Waals surface area contributed by atoms with E-state index in [1.165, 1.54) is 25.7 Å². The molecule has 82 valence electrons. The van der Waals surface area contributed by atoms with E-state index in [0.717, 1.165) is 6.54 Å². The van der Waals surface area contributed by atoms with Crippen LogP contribution in [0.5, 0.6) is 0 Å². The van der Waals surface area contributed by atoms with Crippen LogP contribution in [-0.4, -0.2) is 44.2 Å². The number of hydrogen-bond donors (Lipinski definition) is 2. The quantitative estimate of drug-likeness (QED) is 0.706. The van der Waals surface area contributed by atoms with Crippen LogP contribution in [0.4, 0.5) is 4.79 Å². The fourth-order valence-electron chi connectivity index (χ4n) is 2.15. The first-order chi connectivity index (χ1) is 6.60. The van der Waals surface area contributed by atoms with Gasteiger partial charge in [-0.25, -0.2) is 4.79 Å². The van der Waals surface area contributed by atoms with Crippen LogP contribution < -0.4 is 10.6 Å². The third-order valence-corrected chi connectivity index (χ3v) is 3.29. The van der Waals surface area contributed by atoms with Crippen LogP contribution in [0.1, 0.15) is 25.7 Å². The number of carbonyl (C=O) groups excluding carboxylic acids is 1. The van der Waals surface area contributed by atoms with Gasteiger partial charge in [0.15, 0.2) is 0 Å². The summed E-state index contributed by atoms with van der Waals surface area (Å²) < 4.78 is 0. The number of nitrogens with one attached hydrogen (secondary N) is 2. The number of carbonyl (C=O) groups is 1. The normalized spacial score (nSPS) is 19.7. The standard InChI is InChI=1S/C10H21N3O/c1-11-9(14)12-8-10(13(2)3)6-4-5-7-10/h4-8H2,1-3H3,(H2,11,12,14). The summed E-state index contributed by atoms with van der Waals surface area (Å²) in [6.45, 7) is 0.750. The Morgan fingerprint density at radius 2 is 1.93 bits per heavy atom. The number of hydrogen-bond acceptors (Lipinski definition) is 2. The lowest BCUT2D eigenvalue weighted by atomic mass is 9.96. The first-order valence-corrected chi connectivity index (χ1v) is 5.24. The Balaban J connectivity index is 2.48. The molecule has 4 nitrogen and oxygen atoms in total. The molecule has 4 heteroatoms. The van der Waals surface area contributed by atoms with Crippen molar-refractivity contribution < 1.29 is 4.79 Å². The van der Waals surface area contributed by atoms with Gasteiger partial charge in [-0.2, -0.15) is 0 Å². The second-order valence-electron chi connectivity index (χ2n) is 4.26. The molecule has 1 fully saturated rings. The van der Waals surface area contributed by atoms with E-state index >= 15 is 0 Å². The van der Waals surface area contributed by atoms with Crippen molar-refractivity contribution in [3.05, 3.63) is 0 Å². The minimum Gasteiger partial charge on any atom is -0.341 e. The van der Waals surface area contributed by atoms with Gasteiger partial charge in [-0.15, -0.1) is 0 Å². The zero-order valence-corrected chi connectivity index (χ0v) is 9.39. The number of urea groups is 1. The molecule has 0 aliphatic heterocycles. The Morgan fingerprint density at radius 3 is 2.36 bits per heavy atom. The van der Waals surface area contributed by atoms with E-state index in [1.54, 1.807) is 7.05 Å². The van der Waals surface area contributed by atoms with Gasteiger partial charge in [-0.05, 0) is 26.9 Å². The summed E-state index contributed by atoms with van der Waals surface area (Å²) in [5.74, 6) is 0. The molecule has 1 saturated carbocycles. The van der Waals surface area contributed by atoms with Crippen LogP contribution in [0, 0.1) is 0 Å². The molecule has 0 saturated heterocycles. The van der Waals surface area contributed by atoms with Gasteiger partial charge in [-0.1, -0.05) is 12.8 Å². The van der Waals surface area contributed by atoms with Crippen LogP contribution in [0.25, 0.3) is 0 Å². The second-order valence-corrected chi connectivity index (χ2v) is 4.26. The maximum atomic E-state index is 11.1. The first-order valence-electron chi connectivity index (χ1n) is 5.24. The van der Waals surface area contributed by atoms with E-state index in [2.05, 4.69) is 29.6 Å². The second kappa shape index (κ2) is 4.64. The van der Waals surface area contributed by atoms with Gasteiger partial charge in [0.1, 0.15) is 0 Å². The van der Waals surface area contributed by atoms with Gasteiger partial charge >= 0.3 is 6.03 Å². The summed E-state index contributed by atoms with van der Waals surface area (Å²) >= 11 is 0. The minimum absolute atomic E-state index is 0.0851. The molecule has 1 aliphatic carbocycles. The lowest BCUT2D eigenvalue weighted by Gasteiger charge is -2.36. The van der Waals surface area contributed by atoms with Crippen LogP contribution in [0.3, 0.4) is 0 Å². The van der Waals surface area contributed by atoms with E-state index in [1.807, 2.05) is 0 Å². The largest absolute Gasteiger partial charge is 0.341 e. The van der Waals surface area contributed by atoms with Gasteiger partial charge in [0.05, 0.1) is 0 Å². The topological polar surface area (TPSA) is 44.4 Å². The summed E-state index contributed by atoms with van der Waals surface area (Å²) in [5, 5.41) is 5.48. The number of likely N-dealkylation sites (N-methyl/N-ethyl adjacent to an activating group) is 1. The van der Waals surface area contributed by atoms with Crippen LogP contribution in [0.15, 0.2) is 0 Å². The Bertz CT molecular complexity index is 198. The Kier molecular flexibility index (Phi) is 3.75. The smallest absolute Gasteiger partial charge is 0.314 e. The summed E-state index contributed by atoms with van der Waals surface area (Å²) in [6, 6.07) is -0.0851. The zero-order chi connectivity index (χ0) is 10.6. The minimum atomic E-state index is -0.0851. The maximum Gasteiger partial charge on any atom is 0.314 e. The van der Waals surface area contributed by atoms with Crippen LogP contribution in [0.2, 0.25) is 0 Å². The molecule has 1 aliphatic rings. The molecule has 0 aromatic carbocycles. The van der Waals surface area contributed by atoms with E-state index < -0.39 is 0 Å². The number of nitrogens with zero attached hydrogens (tertiary/aromatic N) is 1. The number of amides is 2. The van der Waals surface area contributed by atoms with Crippen LogP contribution in [-0.2, 0) is 0 Å². The Morgan fingerprint density at radius 1 is 1.36 bits per heavy atom. The molecule has 0 spiro atoms. The first kappa shape index (κ1) is 11.3. The highest BCUT2D eigenvalue weighted by Gasteiger charge is 2.35. The monoisotopic (exact) mass is 199 g/mol. The average molecular weight is 199 g/mol. The Labute approximate surface area is 86.0 Å². The van der Waals surface area contributed by atoms with E-state index in [-0.39, 0.29) is 11.6 Å². The molecular formula is C10H21N3O. The molecule has 0 bridgehead atoms. The molecular weight excluding hydrogens is 178 g/mol. The van der Waals surface area contributed by atoms with E-state index in [4.69, 9.17) is 0 Å². The maximum absolute atomic E-state index is 11.1. The molecule has 2 amide bonds. The molecule has 0 radical (unpaired) electrons. The molecule has 1 rings (SSSR count). The van der Waals surface area contributed by atoms with Gasteiger partial charge in [0.25, 0.3) is 0 Å². The summed E-state index contributed by atoms with van der Waals surface area (Å²) in [7, 11) is 5.83. The number of rotatable bonds is 3. The van der Waals surface area contributed by atoms with Crippen molar-refractivity contribution in [3.8, 4) is 0 Å².